The van der Waals surface area contributed by atoms with Crippen LogP contribution in [-0.4, -0.2) is 28.4 Å². The topological polar surface area (TPSA) is 46.3 Å². The first-order valence-electron chi connectivity index (χ1n) is 6.74. The van der Waals surface area contributed by atoms with Crippen molar-refractivity contribution in [3.05, 3.63) is 35.4 Å². The van der Waals surface area contributed by atoms with Crippen molar-refractivity contribution in [2.45, 2.75) is 38.6 Å². The first kappa shape index (κ1) is 14.0. The highest BCUT2D eigenvalue weighted by atomic mass is 32.1. The molecule has 102 valence electrons. The molecule has 19 heavy (non-hydrogen) atoms. The van der Waals surface area contributed by atoms with Crippen LogP contribution in [0.15, 0.2) is 24.3 Å². The van der Waals surface area contributed by atoms with E-state index in [9.17, 15) is 4.79 Å². The number of aryl methyl sites for hydroxylation is 1. The van der Waals surface area contributed by atoms with Gasteiger partial charge in [-0.2, -0.15) is 0 Å². The van der Waals surface area contributed by atoms with Crippen LogP contribution in [0.2, 0.25) is 0 Å². The third kappa shape index (κ3) is 3.32. The molecule has 1 aliphatic rings. The molecule has 0 atom stereocenters. The zero-order valence-electron chi connectivity index (χ0n) is 11.3. The fraction of sp³-hybridized carbons (Fsp3) is 0.467. The molecule has 1 aromatic carbocycles. The standard InChI is InChI=1S/C15H20N2OS/c1-11-6-2-5-9-13(11)15(18)17(10-14(16)19)12-7-3-4-8-12/h2,5-6,9,12H,3-4,7-8,10H2,1H3,(H2,16,19). The molecule has 0 aliphatic heterocycles. The van der Waals surface area contributed by atoms with E-state index in [-0.39, 0.29) is 11.9 Å². The second-order valence-corrected chi connectivity index (χ2v) is 5.68. The molecule has 1 aliphatic carbocycles. The van der Waals surface area contributed by atoms with Crippen molar-refractivity contribution >= 4 is 23.1 Å². The Morgan fingerprint density at radius 1 is 1.37 bits per heavy atom. The minimum Gasteiger partial charge on any atom is -0.392 e. The molecule has 4 heteroatoms. The lowest BCUT2D eigenvalue weighted by atomic mass is 10.1. The lowest BCUT2D eigenvalue weighted by molar-refractivity contribution is 0.0714. The van der Waals surface area contributed by atoms with Gasteiger partial charge >= 0.3 is 0 Å². The highest BCUT2D eigenvalue weighted by molar-refractivity contribution is 7.80. The van der Waals surface area contributed by atoms with Crippen LogP contribution in [0.3, 0.4) is 0 Å². The maximum Gasteiger partial charge on any atom is 0.254 e. The number of amides is 1. The average molecular weight is 276 g/mol. The molecule has 2 rings (SSSR count). The van der Waals surface area contributed by atoms with E-state index in [1.165, 1.54) is 12.8 Å². The molecular weight excluding hydrogens is 256 g/mol. The van der Waals surface area contributed by atoms with E-state index in [0.717, 1.165) is 24.0 Å². The quantitative estimate of drug-likeness (QED) is 0.860. The van der Waals surface area contributed by atoms with Crippen LogP contribution in [0.4, 0.5) is 0 Å². The molecular formula is C15H20N2OS. The van der Waals surface area contributed by atoms with Crippen LogP contribution in [0, 0.1) is 6.92 Å². The van der Waals surface area contributed by atoms with Crippen molar-refractivity contribution in [3.8, 4) is 0 Å². The van der Waals surface area contributed by atoms with Gasteiger partial charge < -0.3 is 10.6 Å². The number of carbonyl (C=O) groups excluding carboxylic acids is 1. The van der Waals surface area contributed by atoms with Crippen molar-refractivity contribution in [2.75, 3.05) is 6.54 Å². The van der Waals surface area contributed by atoms with E-state index in [0.29, 0.717) is 11.5 Å². The molecule has 0 unspecified atom stereocenters. The van der Waals surface area contributed by atoms with Gasteiger partial charge in [-0.15, -0.1) is 0 Å². The summed E-state index contributed by atoms with van der Waals surface area (Å²) in [6.45, 7) is 2.34. The number of hydrogen-bond donors (Lipinski definition) is 1. The molecule has 0 spiro atoms. The minimum atomic E-state index is 0.0535. The number of carbonyl (C=O) groups is 1. The van der Waals surface area contributed by atoms with Crippen molar-refractivity contribution < 1.29 is 4.79 Å². The Morgan fingerprint density at radius 2 is 2.00 bits per heavy atom. The predicted octanol–water partition coefficient (Wildman–Crippen LogP) is 2.67. The zero-order valence-corrected chi connectivity index (χ0v) is 12.1. The maximum atomic E-state index is 12.7. The minimum absolute atomic E-state index is 0.0535. The molecule has 0 radical (unpaired) electrons. The van der Waals surface area contributed by atoms with Crippen LogP contribution in [0.1, 0.15) is 41.6 Å². The summed E-state index contributed by atoms with van der Waals surface area (Å²) in [5.41, 5.74) is 7.41. The van der Waals surface area contributed by atoms with Crippen LogP contribution in [0.5, 0.6) is 0 Å². The van der Waals surface area contributed by atoms with Crippen LogP contribution >= 0.6 is 12.2 Å². The Labute approximate surface area is 119 Å². The number of nitrogens with zero attached hydrogens (tertiary/aromatic N) is 1. The second-order valence-electron chi connectivity index (χ2n) is 5.15. The zero-order chi connectivity index (χ0) is 13.8. The highest BCUT2D eigenvalue weighted by Crippen LogP contribution is 2.25. The van der Waals surface area contributed by atoms with Gasteiger partial charge in [-0.3, -0.25) is 4.79 Å². The van der Waals surface area contributed by atoms with Gasteiger partial charge in [0.1, 0.15) is 0 Å². The van der Waals surface area contributed by atoms with Crippen molar-refractivity contribution in [1.82, 2.24) is 4.90 Å². The van der Waals surface area contributed by atoms with E-state index in [1.54, 1.807) is 0 Å². The number of thiocarbonyl (C=S) groups is 1. The number of hydrogen-bond acceptors (Lipinski definition) is 2. The smallest absolute Gasteiger partial charge is 0.254 e. The Morgan fingerprint density at radius 3 is 2.58 bits per heavy atom. The summed E-state index contributed by atoms with van der Waals surface area (Å²) in [5.74, 6) is 0.0535. The molecule has 1 fully saturated rings. The highest BCUT2D eigenvalue weighted by Gasteiger charge is 2.28. The average Bonchev–Trinajstić information content (AvgIpc) is 2.89. The molecule has 0 bridgehead atoms. The second kappa shape index (κ2) is 6.15. The summed E-state index contributed by atoms with van der Waals surface area (Å²) < 4.78 is 0. The van der Waals surface area contributed by atoms with Crippen molar-refractivity contribution in [1.29, 1.82) is 0 Å². The van der Waals surface area contributed by atoms with E-state index in [1.807, 2.05) is 36.1 Å². The summed E-state index contributed by atoms with van der Waals surface area (Å²) in [4.78, 5) is 14.9. The van der Waals surface area contributed by atoms with Gasteiger partial charge in [-0.05, 0) is 31.4 Å². The van der Waals surface area contributed by atoms with Gasteiger partial charge in [0.2, 0.25) is 0 Å². The van der Waals surface area contributed by atoms with Gasteiger partial charge in [0.15, 0.2) is 0 Å². The first-order valence-corrected chi connectivity index (χ1v) is 7.15. The SMILES string of the molecule is Cc1ccccc1C(=O)N(CC(N)=S)C1CCCC1. The number of nitrogens with two attached hydrogens (primary N) is 1. The van der Waals surface area contributed by atoms with Gasteiger partial charge in [0.05, 0.1) is 11.5 Å². The number of benzene rings is 1. The van der Waals surface area contributed by atoms with Gasteiger partial charge in [0.25, 0.3) is 5.91 Å². The lowest BCUT2D eigenvalue weighted by Crippen LogP contribution is -2.43. The fourth-order valence-electron chi connectivity index (χ4n) is 2.72. The largest absolute Gasteiger partial charge is 0.392 e. The third-order valence-corrected chi connectivity index (χ3v) is 3.86. The summed E-state index contributed by atoms with van der Waals surface area (Å²) in [6, 6.07) is 7.96. The Kier molecular flexibility index (Phi) is 4.53. The maximum absolute atomic E-state index is 12.7. The molecule has 0 aromatic heterocycles. The van der Waals surface area contributed by atoms with Crippen molar-refractivity contribution in [2.24, 2.45) is 5.73 Å². The molecule has 3 nitrogen and oxygen atoms in total. The van der Waals surface area contributed by atoms with E-state index < -0.39 is 0 Å². The first-order chi connectivity index (χ1) is 9.09. The van der Waals surface area contributed by atoms with Crippen molar-refractivity contribution in [3.63, 3.8) is 0 Å². The van der Waals surface area contributed by atoms with E-state index in [4.69, 9.17) is 18.0 Å². The fourth-order valence-corrected chi connectivity index (χ4v) is 2.86. The summed E-state index contributed by atoms with van der Waals surface area (Å²) in [7, 11) is 0. The normalized spacial score (nSPS) is 15.4. The van der Waals surface area contributed by atoms with Gasteiger partial charge in [0, 0.05) is 11.6 Å². The lowest BCUT2D eigenvalue weighted by Gasteiger charge is -2.29. The molecule has 0 saturated heterocycles. The Balaban J connectivity index is 2.24. The molecule has 2 N–H and O–H groups in total. The van der Waals surface area contributed by atoms with Crippen LogP contribution in [0.25, 0.3) is 0 Å². The van der Waals surface area contributed by atoms with E-state index in [2.05, 4.69) is 0 Å². The monoisotopic (exact) mass is 276 g/mol. The summed E-state index contributed by atoms with van der Waals surface area (Å²) >= 11 is 4.99. The number of rotatable bonds is 4. The van der Waals surface area contributed by atoms with E-state index >= 15 is 0 Å². The molecule has 1 saturated carbocycles. The molecule has 1 amide bonds. The summed E-state index contributed by atoms with van der Waals surface area (Å²) in [6.07, 6.45) is 4.47. The Bertz CT molecular complexity index is 481. The molecule has 1 aromatic rings. The van der Waals surface area contributed by atoms with Crippen LogP contribution < -0.4 is 5.73 Å². The van der Waals surface area contributed by atoms with Crippen LogP contribution in [-0.2, 0) is 0 Å². The van der Waals surface area contributed by atoms with Gasteiger partial charge in [-0.25, -0.2) is 0 Å². The van der Waals surface area contributed by atoms with Gasteiger partial charge in [-0.1, -0.05) is 43.3 Å². The predicted molar refractivity (Wildman–Crippen MR) is 81.3 cm³/mol. The summed E-state index contributed by atoms with van der Waals surface area (Å²) in [5, 5.41) is 0. The Hall–Kier alpha value is -1.42. The third-order valence-electron chi connectivity index (χ3n) is 3.73. The molecule has 0 heterocycles.